The van der Waals surface area contributed by atoms with Gasteiger partial charge in [0.2, 0.25) is 0 Å². The molecule has 0 radical (unpaired) electrons. The number of nitrogens with zero attached hydrogens (tertiary/aromatic N) is 3. The number of hydrogen-bond donors (Lipinski definition) is 2. The minimum absolute atomic E-state index is 0.537. The number of aliphatic imine (C=N–C) groups is 1. The van der Waals surface area contributed by atoms with Crippen molar-refractivity contribution in [2.24, 2.45) is 10.7 Å². The Morgan fingerprint density at radius 3 is 2.78 bits per heavy atom. The van der Waals surface area contributed by atoms with E-state index in [1.165, 1.54) is 32.1 Å². The lowest BCUT2D eigenvalue weighted by Crippen LogP contribution is -2.32. The molecule has 23 heavy (non-hydrogen) atoms. The molecule has 1 aromatic heterocycles. The smallest absolute Gasteiger partial charge is 0.188 e. The molecule has 5 heteroatoms. The first-order chi connectivity index (χ1) is 11.2. The van der Waals surface area contributed by atoms with E-state index in [0.29, 0.717) is 12.5 Å². The molecule has 0 spiro atoms. The van der Waals surface area contributed by atoms with Crippen LogP contribution in [0.15, 0.2) is 17.1 Å². The van der Waals surface area contributed by atoms with Gasteiger partial charge in [-0.3, -0.25) is 0 Å². The zero-order valence-electron chi connectivity index (χ0n) is 14.6. The van der Waals surface area contributed by atoms with Gasteiger partial charge in [0.1, 0.15) is 5.82 Å². The molecule has 128 valence electrons. The largest absolute Gasteiger partial charge is 0.370 e. The van der Waals surface area contributed by atoms with Crippen LogP contribution in [0.3, 0.4) is 0 Å². The fourth-order valence-corrected chi connectivity index (χ4v) is 2.89. The zero-order valence-corrected chi connectivity index (χ0v) is 14.6. The maximum Gasteiger partial charge on any atom is 0.188 e. The van der Waals surface area contributed by atoms with E-state index in [0.717, 1.165) is 43.1 Å². The third kappa shape index (κ3) is 5.73. The van der Waals surface area contributed by atoms with Crippen LogP contribution in [-0.2, 0) is 6.54 Å². The summed E-state index contributed by atoms with van der Waals surface area (Å²) in [6, 6.07) is 4.19. The minimum atomic E-state index is 0.537. The number of rotatable bonds is 8. The van der Waals surface area contributed by atoms with E-state index in [1.807, 2.05) is 6.92 Å². The molecule has 0 unspecified atom stereocenters. The summed E-state index contributed by atoms with van der Waals surface area (Å²) in [4.78, 5) is 11.6. The van der Waals surface area contributed by atoms with Gasteiger partial charge in [0.25, 0.3) is 0 Å². The number of nitrogens with two attached hydrogens (primary N) is 1. The van der Waals surface area contributed by atoms with E-state index in [1.54, 1.807) is 0 Å². The Hall–Kier alpha value is -1.78. The SMILES string of the molecule is CCCCCCNC(N)=NCc1ccc(C)nc1N1CCCC1. The number of anilines is 1. The van der Waals surface area contributed by atoms with Crippen molar-refractivity contribution in [1.29, 1.82) is 0 Å². The van der Waals surface area contributed by atoms with E-state index in [4.69, 9.17) is 10.7 Å². The highest BCUT2D eigenvalue weighted by molar-refractivity contribution is 5.77. The number of pyridine rings is 1. The third-order valence-electron chi connectivity index (χ3n) is 4.26. The molecule has 0 bridgehead atoms. The molecule has 2 heterocycles. The Labute approximate surface area is 140 Å². The predicted molar refractivity (Wildman–Crippen MR) is 97.9 cm³/mol. The number of unbranched alkanes of at least 4 members (excludes halogenated alkanes) is 3. The quantitative estimate of drug-likeness (QED) is 0.439. The van der Waals surface area contributed by atoms with Crippen LogP contribution >= 0.6 is 0 Å². The van der Waals surface area contributed by atoms with Gasteiger partial charge in [-0.1, -0.05) is 32.3 Å². The normalized spacial score (nSPS) is 15.2. The average Bonchev–Trinajstić information content (AvgIpc) is 3.07. The van der Waals surface area contributed by atoms with Crippen LogP contribution < -0.4 is 16.0 Å². The molecule has 0 aromatic carbocycles. The number of nitrogens with one attached hydrogen (secondary N) is 1. The van der Waals surface area contributed by atoms with Gasteiger partial charge in [0, 0.05) is 30.9 Å². The fraction of sp³-hybridized carbons (Fsp3) is 0.667. The average molecular weight is 317 g/mol. The van der Waals surface area contributed by atoms with Crippen molar-refractivity contribution in [3.8, 4) is 0 Å². The molecular weight excluding hydrogens is 286 g/mol. The van der Waals surface area contributed by atoms with Crippen molar-refractivity contribution < 1.29 is 0 Å². The summed E-state index contributed by atoms with van der Waals surface area (Å²) in [5.41, 5.74) is 8.19. The van der Waals surface area contributed by atoms with Crippen molar-refractivity contribution >= 4 is 11.8 Å². The first-order valence-electron chi connectivity index (χ1n) is 8.96. The Bertz CT molecular complexity index is 506. The summed E-state index contributed by atoms with van der Waals surface area (Å²) < 4.78 is 0. The van der Waals surface area contributed by atoms with E-state index >= 15 is 0 Å². The van der Waals surface area contributed by atoms with Crippen molar-refractivity contribution in [1.82, 2.24) is 10.3 Å². The van der Waals surface area contributed by atoms with Gasteiger partial charge in [-0.15, -0.1) is 0 Å². The summed E-state index contributed by atoms with van der Waals surface area (Å²) in [6.07, 6.45) is 7.43. The molecular formula is C18H31N5. The highest BCUT2D eigenvalue weighted by Crippen LogP contribution is 2.23. The fourth-order valence-electron chi connectivity index (χ4n) is 2.89. The predicted octanol–water partition coefficient (Wildman–Crippen LogP) is 2.97. The van der Waals surface area contributed by atoms with Crippen molar-refractivity contribution in [3.63, 3.8) is 0 Å². The molecule has 3 N–H and O–H groups in total. The summed E-state index contributed by atoms with van der Waals surface area (Å²) >= 11 is 0. The molecule has 1 fully saturated rings. The van der Waals surface area contributed by atoms with Crippen molar-refractivity contribution in [2.75, 3.05) is 24.5 Å². The third-order valence-corrected chi connectivity index (χ3v) is 4.26. The monoisotopic (exact) mass is 317 g/mol. The highest BCUT2D eigenvalue weighted by Gasteiger charge is 2.17. The van der Waals surface area contributed by atoms with E-state index in [9.17, 15) is 0 Å². The maximum atomic E-state index is 5.97. The van der Waals surface area contributed by atoms with Crippen LogP contribution in [0.4, 0.5) is 5.82 Å². The number of aromatic nitrogens is 1. The van der Waals surface area contributed by atoms with Crippen LogP contribution in [0.5, 0.6) is 0 Å². The maximum absolute atomic E-state index is 5.97. The van der Waals surface area contributed by atoms with Gasteiger partial charge in [0.05, 0.1) is 6.54 Å². The number of aryl methyl sites for hydroxylation is 1. The Balaban J connectivity index is 1.90. The summed E-state index contributed by atoms with van der Waals surface area (Å²) in [7, 11) is 0. The van der Waals surface area contributed by atoms with E-state index in [2.05, 4.69) is 34.3 Å². The van der Waals surface area contributed by atoms with Crippen LogP contribution in [0.1, 0.15) is 56.7 Å². The van der Waals surface area contributed by atoms with Gasteiger partial charge in [-0.25, -0.2) is 9.98 Å². The van der Waals surface area contributed by atoms with Gasteiger partial charge in [0.15, 0.2) is 5.96 Å². The Morgan fingerprint density at radius 1 is 1.26 bits per heavy atom. The molecule has 1 aliphatic rings. The summed E-state index contributed by atoms with van der Waals surface area (Å²) in [6.45, 7) is 7.94. The van der Waals surface area contributed by atoms with Gasteiger partial charge in [-0.2, -0.15) is 0 Å². The second-order valence-electron chi connectivity index (χ2n) is 6.32. The van der Waals surface area contributed by atoms with Gasteiger partial charge < -0.3 is 16.0 Å². The Kier molecular flexibility index (Phi) is 7.17. The van der Waals surface area contributed by atoms with Crippen LogP contribution in [0, 0.1) is 6.92 Å². The molecule has 0 amide bonds. The second kappa shape index (κ2) is 9.38. The van der Waals surface area contributed by atoms with Gasteiger partial charge in [-0.05, 0) is 32.3 Å². The molecule has 2 rings (SSSR count). The van der Waals surface area contributed by atoms with Crippen LogP contribution in [0.2, 0.25) is 0 Å². The molecule has 1 aliphatic heterocycles. The molecule has 0 aliphatic carbocycles. The van der Waals surface area contributed by atoms with E-state index < -0.39 is 0 Å². The molecule has 1 saturated heterocycles. The first kappa shape index (κ1) is 17.6. The number of hydrogen-bond acceptors (Lipinski definition) is 3. The van der Waals surface area contributed by atoms with Crippen molar-refractivity contribution in [3.05, 3.63) is 23.4 Å². The lowest BCUT2D eigenvalue weighted by Gasteiger charge is -2.20. The lowest BCUT2D eigenvalue weighted by molar-refractivity contribution is 0.652. The van der Waals surface area contributed by atoms with Crippen molar-refractivity contribution in [2.45, 2.75) is 58.9 Å². The minimum Gasteiger partial charge on any atom is -0.370 e. The van der Waals surface area contributed by atoms with E-state index in [-0.39, 0.29) is 0 Å². The molecule has 0 saturated carbocycles. The van der Waals surface area contributed by atoms with Crippen LogP contribution in [-0.4, -0.2) is 30.6 Å². The van der Waals surface area contributed by atoms with Crippen LogP contribution in [0.25, 0.3) is 0 Å². The molecule has 5 nitrogen and oxygen atoms in total. The molecule has 0 atom stereocenters. The lowest BCUT2D eigenvalue weighted by atomic mass is 10.2. The standard InChI is InChI=1S/C18H31N5/c1-3-4-5-6-11-20-18(19)21-14-16-10-9-15(2)22-17(16)23-12-7-8-13-23/h9-10H,3-8,11-14H2,1-2H3,(H3,19,20,21). The van der Waals surface area contributed by atoms with Gasteiger partial charge >= 0.3 is 0 Å². The number of guanidine groups is 1. The topological polar surface area (TPSA) is 66.5 Å². The second-order valence-corrected chi connectivity index (χ2v) is 6.32. The highest BCUT2D eigenvalue weighted by atomic mass is 15.2. The zero-order chi connectivity index (χ0) is 16.5. The Morgan fingerprint density at radius 2 is 2.04 bits per heavy atom. The molecule has 1 aromatic rings. The summed E-state index contributed by atoms with van der Waals surface area (Å²) in [5, 5.41) is 3.21. The summed E-state index contributed by atoms with van der Waals surface area (Å²) in [5.74, 6) is 1.62. The first-order valence-corrected chi connectivity index (χ1v) is 8.96.